The summed E-state index contributed by atoms with van der Waals surface area (Å²) in [5.41, 5.74) is 0.993. The molecule has 2 aliphatic rings. The molecule has 0 bridgehead atoms. The number of ether oxygens (including phenoxy) is 1. The lowest BCUT2D eigenvalue weighted by atomic mass is 9.97. The van der Waals surface area contributed by atoms with E-state index in [4.69, 9.17) is 21.3 Å². The first-order valence-electron chi connectivity index (χ1n) is 13.6. The first-order chi connectivity index (χ1) is 20.1. The fourth-order valence-electron chi connectivity index (χ4n) is 5.39. The lowest BCUT2D eigenvalue weighted by Gasteiger charge is -2.23. The van der Waals surface area contributed by atoms with E-state index in [0.717, 1.165) is 49.7 Å². The van der Waals surface area contributed by atoms with Crippen molar-refractivity contribution in [2.75, 3.05) is 29.7 Å². The fraction of sp³-hybridized carbons (Fsp3) is 0.310. The first-order valence-corrected chi connectivity index (χ1v) is 15.4. The summed E-state index contributed by atoms with van der Waals surface area (Å²) in [4.78, 5) is 8.77. The third kappa shape index (κ3) is 5.35. The molecular weight excluding hydrogens is 588 g/mol. The van der Waals surface area contributed by atoms with Crippen LogP contribution < -0.4 is 20.1 Å². The van der Waals surface area contributed by atoms with Crippen LogP contribution in [0.15, 0.2) is 47.5 Å². The van der Waals surface area contributed by atoms with E-state index in [1.165, 1.54) is 6.07 Å². The Balaban J connectivity index is 1.36. The SMILES string of the molecule is CCc1cc(-c2c(F)ccc(NS(=O)(=O)c3cc(Cl)cc4c3OCC4O)c2F)cc2cnc(NC3CCNCC3)nc12. The fourth-order valence-corrected chi connectivity index (χ4v) is 6.94. The van der Waals surface area contributed by atoms with Gasteiger partial charge in [-0.3, -0.25) is 4.72 Å². The Morgan fingerprint density at radius 3 is 2.71 bits per heavy atom. The lowest BCUT2D eigenvalue weighted by molar-refractivity contribution is 0.140. The summed E-state index contributed by atoms with van der Waals surface area (Å²) in [6, 6.07) is 8.06. The average Bonchev–Trinajstić information content (AvgIpc) is 3.34. The molecule has 1 fully saturated rings. The van der Waals surface area contributed by atoms with Crippen molar-refractivity contribution in [1.29, 1.82) is 0 Å². The van der Waals surface area contributed by atoms with Crippen LogP contribution in [0, 0.1) is 11.6 Å². The molecule has 13 heteroatoms. The number of piperidine rings is 1. The maximum Gasteiger partial charge on any atom is 0.265 e. The zero-order valence-corrected chi connectivity index (χ0v) is 24.1. The number of sulfonamides is 1. The maximum absolute atomic E-state index is 15.9. The highest BCUT2D eigenvalue weighted by Crippen LogP contribution is 2.41. The highest BCUT2D eigenvalue weighted by molar-refractivity contribution is 7.92. The number of aliphatic hydroxyl groups excluding tert-OH is 1. The summed E-state index contributed by atoms with van der Waals surface area (Å²) < 4.78 is 65.4. The number of rotatable bonds is 7. The number of benzene rings is 3. The molecule has 0 spiro atoms. The Morgan fingerprint density at radius 2 is 1.95 bits per heavy atom. The summed E-state index contributed by atoms with van der Waals surface area (Å²) in [6.07, 6.45) is 3.01. The highest BCUT2D eigenvalue weighted by atomic mass is 35.5. The van der Waals surface area contributed by atoms with E-state index < -0.39 is 39.0 Å². The second-order valence-corrected chi connectivity index (χ2v) is 12.4. The van der Waals surface area contributed by atoms with Gasteiger partial charge < -0.3 is 20.5 Å². The number of aliphatic hydroxyl groups is 1. The Kier molecular flexibility index (Phi) is 7.64. The van der Waals surface area contributed by atoms with Gasteiger partial charge in [0.1, 0.15) is 29.2 Å². The van der Waals surface area contributed by atoms with Gasteiger partial charge in [-0.1, -0.05) is 18.5 Å². The third-order valence-corrected chi connectivity index (χ3v) is 9.11. The van der Waals surface area contributed by atoms with Gasteiger partial charge in [0.15, 0.2) is 5.82 Å². The molecule has 0 saturated carbocycles. The molecular formula is C29H28ClF2N5O4S. The van der Waals surface area contributed by atoms with Gasteiger partial charge in [-0.25, -0.2) is 27.2 Å². The number of nitrogens with zero attached hydrogens (tertiary/aromatic N) is 2. The summed E-state index contributed by atoms with van der Waals surface area (Å²) in [5.74, 6) is -1.53. The normalized spacial score (nSPS) is 17.2. The standard InChI is InChI=1S/C29H28ClF2N5O4S/c1-2-15-9-16(10-17-13-34-29(36-27(15)17)35-19-5-7-33-8-6-19)25-21(31)3-4-22(26(25)32)37-42(39,40)24-12-18(30)11-20-23(38)14-41-28(20)24/h3-4,9-13,19,23,33,37-38H,2,5-8,14H2,1H3,(H,34,35,36). The van der Waals surface area contributed by atoms with E-state index in [-0.39, 0.29) is 39.4 Å². The monoisotopic (exact) mass is 615 g/mol. The van der Waals surface area contributed by atoms with Gasteiger partial charge in [-0.15, -0.1) is 0 Å². The van der Waals surface area contributed by atoms with Crippen LogP contribution in [-0.2, 0) is 16.4 Å². The zero-order chi connectivity index (χ0) is 29.6. The Bertz CT molecular complexity index is 1800. The molecule has 0 amide bonds. The smallest absolute Gasteiger partial charge is 0.265 e. The lowest BCUT2D eigenvalue weighted by Crippen LogP contribution is -2.35. The Hall–Kier alpha value is -3.58. The van der Waals surface area contributed by atoms with Crippen molar-refractivity contribution < 1.29 is 27.0 Å². The zero-order valence-electron chi connectivity index (χ0n) is 22.5. The summed E-state index contributed by atoms with van der Waals surface area (Å²) in [7, 11) is -4.45. The molecule has 3 aromatic carbocycles. The van der Waals surface area contributed by atoms with Crippen molar-refractivity contribution in [2.24, 2.45) is 0 Å². The third-order valence-electron chi connectivity index (χ3n) is 7.52. The number of hydrogen-bond acceptors (Lipinski definition) is 8. The molecule has 1 unspecified atom stereocenters. The minimum atomic E-state index is -4.45. The molecule has 42 heavy (non-hydrogen) atoms. The van der Waals surface area contributed by atoms with E-state index in [0.29, 0.717) is 23.3 Å². The van der Waals surface area contributed by atoms with Crippen molar-refractivity contribution >= 4 is 44.2 Å². The highest BCUT2D eigenvalue weighted by Gasteiger charge is 2.32. The first kappa shape index (κ1) is 28.5. The van der Waals surface area contributed by atoms with Gasteiger partial charge in [0.05, 0.1) is 16.8 Å². The number of aryl methyl sites for hydroxylation is 1. The predicted octanol–water partition coefficient (Wildman–Crippen LogP) is 5.18. The van der Waals surface area contributed by atoms with Crippen LogP contribution >= 0.6 is 11.6 Å². The van der Waals surface area contributed by atoms with Gasteiger partial charge in [-0.05, 0) is 79.9 Å². The summed E-state index contributed by atoms with van der Waals surface area (Å²) in [6.45, 7) is 3.60. The van der Waals surface area contributed by atoms with E-state index in [2.05, 4.69) is 20.3 Å². The van der Waals surface area contributed by atoms with E-state index in [1.54, 1.807) is 18.3 Å². The molecule has 1 aromatic heterocycles. The van der Waals surface area contributed by atoms with E-state index in [1.807, 2.05) is 6.92 Å². The van der Waals surface area contributed by atoms with Gasteiger partial charge in [0, 0.05) is 28.2 Å². The van der Waals surface area contributed by atoms with Crippen LogP contribution in [0.2, 0.25) is 5.02 Å². The average molecular weight is 616 g/mol. The van der Waals surface area contributed by atoms with Gasteiger partial charge in [-0.2, -0.15) is 0 Å². The number of aromatic nitrogens is 2. The minimum Gasteiger partial charge on any atom is -0.489 e. The van der Waals surface area contributed by atoms with Crippen molar-refractivity contribution in [3.63, 3.8) is 0 Å². The molecule has 220 valence electrons. The number of anilines is 2. The Labute approximate surface area is 246 Å². The Morgan fingerprint density at radius 1 is 1.17 bits per heavy atom. The molecule has 1 atom stereocenters. The number of hydrogen-bond donors (Lipinski definition) is 4. The molecule has 6 rings (SSSR count). The van der Waals surface area contributed by atoms with Crippen LogP contribution in [0.3, 0.4) is 0 Å². The summed E-state index contributed by atoms with van der Waals surface area (Å²) >= 11 is 6.10. The van der Waals surface area contributed by atoms with E-state index >= 15 is 8.78 Å². The van der Waals surface area contributed by atoms with Crippen LogP contribution in [0.25, 0.3) is 22.0 Å². The largest absolute Gasteiger partial charge is 0.489 e. The second-order valence-electron chi connectivity index (χ2n) is 10.3. The van der Waals surface area contributed by atoms with Gasteiger partial charge >= 0.3 is 0 Å². The second kappa shape index (κ2) is 11.3. The van der Waals surface area contributed by atoms with Crippen LogP contribution in [0.4, 0.5) is 20.4 Å². The minimum absolute atomic E-state index is 0.0542. The van der Waals surface area contributed by atoms with Crippen molar-refractivity contribution in [1.82, 2.24) is 15.3 Å². The molecule has 0 radical (unpaired) electrons. The molecule has 9 nitrogen and oxygen atoms in total. The van der Waals surface area contributed by atoms with Crippen molar-refractivity contribution in [3.8, 4) is 16.9 Å². The number of nitrogens with one attached hydrogen (secondary N) is 3. The number of fused-ring (bicyclic) bond motifs is 2. The van der Waals surface area contributed by atoms with Crippen LogP contribution in [0.5, 0.6) is 5.75 Å². The summed E-state index contributed by atoms with van der Waals surface area (Å²) in [5, 5.41) is 17.5. The molecule has 2 aliphatic heterocycles. The predicted molar refractivity (Wildman–Crippen MR) is 156 cm³/mol. The molecule has 1 saturated heterocycles. The van der Waals surface area contributed by atoms with Gasteiger partial charge in [0.25, 0.3) is 10.0 Å². The molecule has 3 heterocycles. The van der Waals surface area contributed by atoms with Crippen LogP contribution in [0.1, 0.15) is 37.0 Å². The maximum atomic E-state index is 15.9. The quantitative estimate of drug-likeness (QED) is 0.224. The van der Waals surface area contributed by atoms with Crippen LogP contribution in [-0.4, -0.2) is 49.2 Å². The topological polar surface area (TPSA) is 125 Å². The number of halogens is 3. The molecule has 4 N–H and O–H groups in total. The van der Waals surface area contributed by atoms with Crippen molar-refractivity contribution in [2.45, 2.75) is 43.2 Å². The van der Waals surface area contributed by atoms with Gasteiger partial charge in [0.2, 0.25) is 5.95 Å². The van der Waals surface area contributed by atoms with Crippen molar-refractivity contribution in [3.05, 3.63) is 70.4 Å². The van der Waals surface area contributed by atoms with E-state index in [9.17, 15) is 13.5 Å². The molecule has 4 aromatic rings. The molecule has 0 aliphatic carbocycles.